The highest BCUT2D eigenvalue weighted by molar-refractivity contribution is 5.56. The van der Waals surface area contributed by atoms with E-state index in [2.05, 4.69) is 61.6 Å². The van der Waals surface area contributed by atoms with E-state index >= 15 is 0 Å². The maximum Gasteiger partial charge on any atom is 0.111 e. The van der Waals surface area contributed by atoms with Crippen molar-refractivity contribution in [2.24, 2.45) is 0 Å². The van der Waals surface area contributed by atoms with Gasteiger partial charge in [-0.05, 0) is 49.5 Å². The van der Waals surface area contributed by atoms with Gasteiger partial charge in [-0.2, -0.15) is 5.10 Å². The van der Waals surface area contributed by atoms with Crippen LogP contribution < -0.4 is 10.2 Å². The van der Waals surface area contributed by atoms with Gasteiger partial charge in [0.2, 0.25) is 0 Å². The zero-order valence-electron chi connectivity index (χ0n) is 15.0. The van der Waals surface area contributed by atoms with Gasteiger partial charge in [-0.15, -0.1) is 0 Å². The summed E-state index contributed by atoms with van der Waals surface area (Å²) in [6, 6.07) is 16.5. The zero-order valence-corrected chi connectivity index (χ0v) is 15.0. The standard InChI is InChI=1S/C20H24N6/c1-25-10-12-26(13-11-25)18-7-5-16(6-8-18)22-15-17-14-20(24-23-17)19-4-2-3-9-21-19/h2-9,14,22H,10-13,15H2,1H3,(H,23,24). The number of aromatic amines is 1. The Bertz CT molecular complexity index is 819. The second-order valence-electron chi connectivity index (χ2n) is 6.68. The van der Waals surface area contributed by atoms with Crippen molar-refractivity contribution >= 4 is 11.4 Å². The molecule has 0 atom stereocenters. The molecule has 1 aliphatic heterocycles. The summed E-state index contributed by atoms with van der Waals surface area (Å²) in [5.74, 6) is 0. The van der Waals surface area contributed by atoms with Crippen LogP contribution in [0.4, 0.5) is 11.4 Å². The lowest BCUT2D eigenvalue weighted by Crippen LogP contribution is -2.44. The van der Waals surface area contributed by atoms with Crippen LogP contribution in [0.1, 0.15) is 5.69 Å². The molecule has 134 valence electrons. The van der Waals surface area contributed by atoms with Crippen LogP contribution in [0.25, 0.3) is 11.4 Å². The van der Waals surface area contributed by atoms with E-state index in [1.807, 2.05) is 24.3 Å². The van der Waals surface area contributed by atoms with E-state index in [0.717, 1.165) is 48.9 Å². The molecular weight excluding hydrogens is 324 g/mol. The number of pyridine rings is 1. The first-order chi connectivity index (χ1) is 12.8. The molecule has 6 nitrogen and oxygen atoms in total. The Labute approximate surface area is 153 Å². The van der Waals surface area contributed by atoms with E-state index in [1.54, 1.807) is 6.20 Å². The molecule has 0 spiro atoms. The van der Waals surface area contributed by atoms with Gasteiger partial charge < -0.3 is 15.1 Å². The van der Waals surface area contributed by atoms with Gasteiger partial charge in [0.15, 0.2) is 0 Å². The maximum atomic E-state index is 4.34. The van der Waals surface area contributed by atoms with Crippen molar-refractivity contribution < 1.29 is 0 Å². The van der Waals surface area contributed by atoms with Crippen molar-refractivity contribution in [1.29, 1.82) is 0 Å². The number of H-pyrrole nitrogens is 1. The van der Waals surface area contributed by atoms with Crippen molar-refractivity contribution in [2.75, 3.05) is 43.4 Å². The van der Waals surface area contributed by atoms with E-state index in [9.17, 15) is 0 Å². The third-order valence-electron chi connectivity index (χ3n) is 4.78. The summed E-state index contributed by atoms with van der Waals surface area (Å²) in [5.41, 5.74) is 5.19. The highest BCUT2D eigenvalue weighted by Gasteiger charge is 2.13. The van der Waals surface area contributed by atoms with Crippen LogP contribution in [0.15, 0.2) is 54.7 Å². The number of anilines is 2. The Morgan fingerprint density at radius 2 is 1.81 bits per heavy atom. The maximum absolute atomic E-state index is 4.34. The summed E-state index contributed by atoms with van der Waals surface area (Å²) in [5, 5.41) is 10.9. The molecule has 0 bridgehead atoms. The lowest BCUT2D eigenvalue weighted by atomic mass is 10.2. The molecule has 1 aliphatic rings. The summed E-state index contributed by atoms with van der Waals surface area (Å²) < 4.78 is 0. The molecule has 1 fully saturated rings. The molecule has 2 aromatic heterocycles. The highest BCUT2D eigenvalue weighted by Crippen LogP contribution is 2.20. The van der Waals surface area contributed by atoms with Gasteiger partial charge in [0.1, 0.15) is 5.69 Å². The smallest absolute Gasteiger partial charge is 0.111 e. The molecule has 6 heteroatoms. The van der Waals surface area contributed by atoms with Gasteiger partial charge in [-0.1, -0.05) is 6.07 Å². The second-order valence-corrected chi connectivity index (χ2v) is 6.68. The van der Waals surface area contributed by atoms with Crippen molar-refractivity contribution in [1.82, 2.24) is 20.1 Å². The van der Waals surface area contributed by atoms with Crippen LogP contribution in [0.5, 0.6) is 0 Å². The normalized spacial score (nSPS) is 15.2. The van der Waals surface area contributed by atoms with E-state index < -0.39 is 0 Å². The number of hydrogen-bond acceptors (Lipinski definition) is 5. The Balaban J connectivity index is 1.34. The molecule has 0 radical (unpaired) electrons. The number of nitrogens with zero attached hydrogens (tertiary/aromatic N) is 4. The fourth-order valence-corrected chi connectivity index (χ4v) is 3.15. The summed E-state index contributed by atoms with van der Waals surface area (Å²) in [6.07, 6.45) is 1.78. The average molecular weight is 348 g/mol. The minimum atomic E-state index is 0.702. The number of rotatable bonds is 5. The number of piperazine rings is 1. The van der Waals surface area contributed by atoms with E-state index in [-0.39, 0.29) is 0 Å². The number of benzene rings is 1. The lowest BCUT2D eigenvalue weighted by Gasteiger charge is -2.34. The van der Waals surface area contributed by atoms with Gasteiger partial charge in [-0.25, -0.2) is 0 Å². The first kappa shape index (κ1) is 16.6. The minimum Gasteiger partial charge on any atom is -0.379 e. The van der Waals surface area contributed by atoms with Crippen molar-refractivity contribution in [3.05, 3.63) is 60.4 Å². The monoisotopic (exact) mass is 348 g/mol. The number of aromatic nitrogens is 3. The molecular formula is C20H24N6. The zero-order chi connectivity index (χ0) is 17.8. The van der Waals surface area contributed by atoms with Gasteiger partial charge in [0, 0.05) is 43.8 Å². The molecule has 3 heterocycles. The van der Waals surface area contributed by atoms with Crippen molar-refractivity contribution in [3.8, 4) is 11.4 Å². The van der Waals surface area contributed by atoms with Crippen molar-refractivity contribution in [2.45, 2.75) is 6.54 Å². The largest absolute Gasteiger partial charge is 0.379 e. The molecule has 0 saturated carbocycles. The topological polar surface area (TPSA) is 60.1 Å². The predicted molar refractivity (Wildman–Crippen MR) is 105 cm³/mol. The van der Waals surface area contributed by atoms with Gasteiger partial charge >= 0.3 is 0 Å². The van der Waals surface area contributed by atoms with E-state index in [0.29, 0.717) is 6.54 Å². The average Bonchev–Trinajstić information content (AvgIpc) is 3.17. The van der Waals surface area contributed by atoms with Crippen molar-refractivity contribution in [3.63, 3.8) is 0 Å². The van der Waals surface area contributed by atoms with Gasteiger partial charge in [0.05, 0.1) is 17.9 Å². The Kier molecular flexibility index (Phi) is 4.84. The molecule has 3 aromatic rings. The summed E-state index contributed by atoms with van der Waals surface area (Å²) in [4.78, 5) is 9.14. The van der Waals surface area contributed by atoms with Crippen LogP contribution in [-0.4, -0.2) is 53.3 Å². The quantitative estimate of drug-likeness (QED) is 0.742. The molecule has 0 unspecified atom stereocenters. The molecule has 4 rings (SSSR count). The van der Waals surface area contributed by atoms with Gasteiger partial charge in [0.25, 0.3) is 0 Å². The third-order valence-corrected chi connectivity index (χ3v) is 4.78. The van der Waals surface area contributed by atoms with Crippen LogP contribution in [0, 0.1) is 0 Å². The molecule has 1 aromatic carbocycles. The number of likely N-dealkylation sites (N-methyl/N-ethyl adjacent to an activating group) is 1. The van der Waals surface area contributed by atoms with Crippen LogP contribution >= 0.6 is 0 Å². The van der Waals surface area contributed by atoms with Crippen LogP contribution in [-0.2, 0) is 6.54 Å². The molecule has 2 N–H and O–H groups in total. The minimum absolute atomic E-state index is 0.702. The lowest BCUT2D eigenvalue weighted by molar-refractivity contribution is 0.313. The Morgan fingerprint density at radius 1 is 1.00 bits per heavy atom. The summed E-state index contributed by atoms with van der Waals surface area (Å²) in [6.45, 7) is 5.13. The fourth-order valence-electron chi connectivity index (χ4n) is 3.15. The van der Waals surface area contributed by atoms with Crippen LogP contribution in [0.3, 0.4) is 0 Å². The van der Waals surface area contributed by atoms with Crippen LogP contribution in [0.2, 0.25) is 0 Å². The number of nitrogens with one attached hydrogen (secondary N) is 2. The Morgan fingerprint density at radius 3 is 2.54 bits per heavy atom. The molecule has 0 amide bonds. The first-order valence-corrected chi connectivity index (χ1v) is 9.01. The Hall–Kier alpha value is -2.86. The molecule has 0 aliphatic carbocycles. The first-order valence-electron chi connectivity index (χ1n) is 9.01. The predicted octanol–water partition coefficient (Wildman–Crippen LogP) is 2.84. The fraction of sp³-hybridized carbons (Fsp3) is 0.300. The third kappa shape index (κ3) is 3.86. The molecule has 26 heavy (non-hydrogen) atoms. The summed E-state index contributed by atoms with van der Waals surface area (Å²) in [7, 11) is 2.18. The van der Waals surface area contributed by atoms with E-state index in [1.165, 1.54) is 5.69 Å². The highest BCUT2D eigenvalue weighted by atomic mass is 15.2. The van der Waals surface area contributed by atoms with E-state index in [4.69, 9.17) is 0 Å². The second kappa shape index (κ2) is 7.58. The summed E-state index contributed by atoms with van der Waals surface area (Å²) >= 11 is 0. The SMILES string of the molecule is CN1CCN(c2ccc(NCc3cc(-c4ccccn4)n[nH]3)cc2)CC1. The molecule has 1 saturated heterocycles. The number of hydrogen-bond donors (Lipinski definition) is 2. The van der Waals surface area contributed by atoms with Gasteiger partial charge in [-0.3, -0.25) is 10.1 Å².